The van der Waals surface area contributed by atoms with Crippen LogP contribution in [0, 0.1) is 17.0 Å². The van der Waals surface area contributed by atoms with Gasteiger partial charge in [-0.1, -0.05) is 0 Å². The fraction of sp³-hybridized carbons (Fsp3) is 0.545. The summed E-state index contributed by atoms with van der Waals surface area (Å²) in [4.78, 5) is 14.4. The summed E-state index contributed by atoms with van der Waals surface area (Å²) in [5.41, 5.74) is 0.579. The molecule has 0 spiro atoms. The van der Waals surface area contributed by atoms with Crippen molar-refractivity contribution in [1.82, 2.24) is 4.98 Å². The number of rotatable bonds is 5. The molecule has 17 heavy (non-hydrogen) atoms. The molecule has 6 heteroatoms. The summed E-state index contributed by atoms with van der Waals surface area (Å²) in [6, 6.07) is 1.42. The van der Waals surface area contributed by atoms with Crippen LogP contribution in [0.15, 0.2) is 12.3 Å². The van der Waals surface area contributed by atoms with E-state index in [0.717, 1.165) is 0 Å². The minimum atomic E-state index is -0.429. The highest BCUT2D eigenvalue weighted by molar-refractivity contribution is 5.49. The summed E-state index contributed by atoms with van der Waals surface area (Å²) in [6.45, 7) is 5.23. The number of nitro groups is 1. The Balaban J connectivity index is 2.79. The minimum absolute atomic E-state index is 0.00445. The topological polar surface area (TPSA) is 88.3 Å². The molecule has 0 saturated heterocycles. The van der Waals surface area contributed by atoms with Gasteiger partial charge < -0.3 is 10.4 Å². The van der Waals surface area contributed by atoms with Gasteiger partial charge in [0.2, 0.25) is 0 Å². The maximum atomic E-state index is 10.7. The second-order valence-electron chi connectivity index (χ2n) is 4.24. The quantitative estimate of drug-likeness (QED) is 0.605. The van der Waals surface area contributed by atoms with Crippen molar-refractivity contribution >= 4 is 11.5 Å². The molecule has 0 aliphatic rings. The molecule has 0 saturated carbocycles. The van der Waals surface area contributed by atoms with Crippen molar-refractivity contribution in [1.29, 1.82) is 0 Å². The Morgan fingerprint density at radius 3 is 2.76 bits per heavy atom. The average Bonchev–Trinajstić information content (AvgIpc) is 2.19. The van der Waals surface area contributed by atoms with E-state index in [4.69, 9.17) is 0 Å². The molecule has 0 bridgehead atoms. The van der Waals surface area contributed by atoms with Crippen LogP contribution in [-0.2, 0) is 0 Å². The van der Waals surface area contributed by atoms with Gasteiger partial charge in [-0.2, -0.15) is 0 Å². The van der Waals surface area contributed by atoms with E-state index in [1.165, 1.54) is 12.3 Å². The van der Waals surface area contributed by atoms with E-state index in [2.05, 4.69) is 10.3 Å². The molecule has 0 aromatic carbocycles. The van der Waals surface area contributed by atoms with Gasteiger partial charge >= 0.3 is 0 Å². The number of pyridine rings is 1. The van der Waals surface area contributed by atoms with Gasteiger partial charge in [0.15, 0.2) is 0 Å². The maximum absolute atomic E-state index is 10.7. The van der Waals surface area contributed by atoms with Crippen LogP contribution >= 0.6 is 0 Å². The summed E-state index contributed by atoms with van der Waals surface area (Å²) in [6.07, 6.45) is 1.61. The second kappa shape index (κ2) is 5.58. The Morgan fingerprint density at radius 1 is 1.59 bits per heavy atom. The largest absolute Gasteiger partial charge is 0.393 e. The molecule has 1 aromatic heterocycles. The lowest BCUT2D eigenvalue weighted by atomic mass is 10.1. The number of aryl methyl sites for hydroxylation is 1. The van der Waals surface area contributed by atoms with Gasteiger partial charge in [-0.25, -0.2) is 4.98 Å². The summed E-state index contributed by atoms with van der Waals surface area (Å²) in [5.74, 6) is 0.454. The highest BCUT2D eigenvalue weighted by Gasteiger charge is 2.13. The lowest BCUT2D eigenvalue weighted by molar-refractivity contribution is -0.385. The van der Waals surface area contributed by atoms with Crippen LogP contribution in [0.3, 0.4) is 0 Å². The van der Waals surface area contributed by atoms with Crippen LogP contribution in [0.2, 0.25) is 0 Å². The standard InChI is InChI=1S/C11H17N3O3/c1-7-6-12-11(5-10(7)14(16)17)13-8(2)4-9(3)15/h5-6,8-9,15H,4H2,1-3H3,(H,12,13). The first-order valence-corrected chi connectivity index (χ1v) is 5.45. The third kappa shape index (κ3) is 3.99. The van der Waals surface area contributed by atoms with Gasteiger partial charge in [-0.05, 0) is 27.2 Å². The second-order valence-corrected chi connectivity index (χ2v) is 4.24. The van der Waals surface area contributed by atoms with Gasteiger partial charge in [0.05, 0.1) is 17.1 Å². The summed E-state index contributed by atoms with van der Waals surface area (Å²) >= 11 is 0. The van der Waals surface area contributed by atoms with Crippen molar-refractivity contribution in [2.24, 2.45) is 0 Å². The molecule has 0 radical (unpaired) electrons. The third-order valence-electron chi connectivity index (χ3n) is 2.36. The third-order valence-corrected chi connectivity index (χ3v) is 2.36. The van der Waals surface area contributed by atoms with Crippen LogP contribution in [0.1, 0.15) is 25.8 Å². The van der Waals surface area contributed by atoms with Crippen molar-refractivity contribution in [2.45, 2.75) is 39.3 Å². The molecule has 2 atom stereocenters. The number of aliphatic hydroxyl groups excluding tert-OH is 1. The predicted octanol–water partition coefficient (Wildman–Crippen LogP) is 1.87. The van der Waals surface area contributed by atoms with E-state index >= 15 is 0 Å². The maximum Gasteiger partial charge on any atom is 0.277 e. The Labute approximate surface area is 99.8 Å². The van der Waals surface area contributed by atoms with Crippen LogP contribution < -0.4 is 5.32 Å². The number of nitrogens with one attached hydrogen (secondary N) is 1. The Kier molecular flexibility index (Phi) is 4.39. The number of aliphatic hydroxyl groups is 1. The van der Waals surface area contributed by atoms with E-state index in [9.17, 15) is 15.2 Å². The summed E-state index contributed by atoms with van der Waals surface area (Å²) in [7, 11) is 0. The molecule has 0 aliphatic carbocycles. The van der Waals surface area contributed by atoms with Gasteiger partial charge in [-0.15, -0.1) is 0 Å². The van der Waals surface area contributed by atoms with E-state index in [-0.39, 0.29) is 11.7 Å². The van der Waals surface area contributed by atoms with E-state index < -0.39 is 11.0 Å². The molecule has 94 valence electrons. The van der Waals surface area contributed by atoms with Crippen molar-refractivity contribution in [3.63, 3.8) is 0 Å². The van der Waals surface area contributed by atoms with Crippen molar-refractivity contribution in [3.05, 3.63) is 27.9 Å². The van der Waals surface area contributed by atoms with Crippen LogP contribution in [0.25, 0.3) is 0 Å². The molecule has 1 heterocycles. The Morgan fingerprint density at radius 2 is 2.24 bits per heavy atom. The number of hydrogen-bond acceptors (Lipinski definition) is 5. The molecular formula is C11H17N3O3. The lowest BCUT2D eigenvalue weighted by Crippen LogP contribution is -2.21. The van der Waals surface area contributed by atoms with E-state index in [1.54, 1.807) is 13.8 Å². The van der Waals surface area contributed by atoms with Gasteiger partial charge in [-0.3, -0.25) is 10.1 Å². The Bertz CT molecular complexity index is 407. The zero-order valence-electron chi connectivity index (χ0n) is 10.2. The number of nitrogens with zero attached hydrogens (tertiary/aromatic N) is 2. The molecule has 0 amide bonds. The number of anilines is 1. The fourth-order valence-electron chi connectivity index (χ4n) is 1.61. The fourth-order valence-corrected chi connectivity index (χ4v) is 1.61. The molecule has 1 aromatic rings. The van der Waals surface area contributed by atoms with Crippen molar-refractivity contribution < 1.29 is 10.0 Å². The van der Waals surface area contributed by atoms with E-state index in [0.29, 0.717) is 17.8 Å². The highest BCUT2D eigenvalue weighted by Crippen LogP contribution is 2.20. The van der Waals surface area contributed by atoms with Gasteiger partial charge in [0.1, 0.15) is 5.82 Å². The van der Waals surface area contributed by atoms with Gasteiger partial charge in [0, 0.05) is 17.8 Å². The zero-order chi connectivity index (χ0) is 13.0. The summed E-state index contributed by atoms with van der Waals surface area (Å²) in [5, 5.41) is 23.0. The average molecular weight is 239 g/mol. The Hall–Kier alpha value is -1.69. The smallest absolute Gasteiger partial charge is 0.277 e. The lowest BCUT2D eigenvalue weighted by Gasteiger charge is -2.15. The molecule has 2 N–H and O–H groups in total. The predicted molar refractivity (Wildman–Crippen MR) is 65.0 cm³/mol. The molecule has 0 aliphatic heterocycles. The van der Waals surface area contributed by atoms with Crippen molar-refractivity contribution in [3.8, 4) is 0 Å². The van der Waals surface area contributed by atoms with Crippen LogP contribution in [0.5, 0.6) is 0 Å². The van der Waals surface area contributed by atoms with Gasteiger partial charge in [0.25, 0.3) is 5.69 Å². The SMILES string of the molecule is Cc1cnc(NC(C)CC(C)O)cc1[N+](=O)[O-]. The molecule has 1 rings (SSSR count). The first kappa shape index (κ1) is 13.4. The highest BCUT2D eigenvalue weighted by atomic mass is 16.6. The van der Waals surface area contributed by atoms with Crippen molar-refractivity contribution in [2.75, 3.05) is 5.32 Å². The molecule has 2 unspecified atom stereocenters. The van der Waals surface area contributed by atoms with E-state index in [1.807, 2.05) is 6.92 Å². The number of aromatic nitrogens is 1. The first-order valence-electron chi connectivity index (χ1n) is 5.45. The first-order chi connectivity index (χ1) is 7.90. The molecule has 0 fully saturated rings. The zero-order valence-corrected chi connectivity index (χ0v) is 10.2. The molecule has 6 nitrogen and oxygen atoms in total. The van der Waals surface area contributed by atoms with Crippen LogP contribution in [0.4, 0.5) is 11.5 Å². The summed E-state index contributed by atoms with van der Waals surface area (Å²) < 4.78 is 0. The monoisotopic (exact) mass is 239 g/mol. The molecular weight excluding hydrogens is 222 g/mol. The normalized spacial score (nSPS) is 14.1. The minimum Gasteiger partial charge on any atom is -0.393 e. The van der Waals surface area contributed by atoms with Crippen LogP contribution in [-0.4, -0.2) is 27.2 Å². The number of hydrogen-bond donors (Lipinski definition) is 2.